The van der Waals surface area contributed by atoms with Crippen LogP contribution < -0.4 is 5.32 Å². The fourth-order valence-corrected chi connectivity index (χ4v) is 8.73. The summed E-state index contributed by atoms with van der Waals surface area (Å²) in [5.41, 5.74) is 0. The summed E-state index contributed by atoms with van der Waals surface area (Å²) < 4.78 is 5.46. The highest BCUT2D eigenvalue weighted by Gasteiger charge is 2.20. The SMILES string of the molecule is CCC/C=C\C/C=C\CCCCCCCC(=O)OCCCCCCCCCCCCCC/C=C\CCCCCCCCCCCC(=O)NC(CO)C(O)CCCCCCCCCCCC. The van der Waals surface area contributed by atoms with Crippen LogP contribution in [0.1, 0.15) is 303 Å². The number of carbonyl (C=O) groups excluding carboxylic acids is 2. The smallest absolute Gasteiger partial charge is 0.305 e. The van der Waals surface area contributed by atoms with Crippen molar-refractivity contribution in [1.29, 1.82) is 0 Å². The molecule has 2 unspecified atom stereocenters. The molecule has 3 N–H and O–H groups in total. The largest absolute Gasteiger partial charge is 0.466 e. The van der Waals surface area contributed by atoms with Gasteiger partial charge in [0.1, 0.15) is 0 Å². The monoisotopic (exact) mass is 914 g/mol. The Labute approximate surface area is 404 Å². The Kier molecular flexibility index (Phi) is 53.1. The van der Waals surface area contributed by atoms with Gasteiger partial charge in [0.15, 0.2) is 0 Å². The Bertz CT molecular complexity index is 1060. The zero-order valence-electron chi connectivity index (χ0n) is 43.5. The average Bonchev–Trinajstić information content (AvgIpc) is 3.31. The fraction of sp³-hybridized carbons (Fsp3) is 0.864. The second-order valence-electron chi connectivity index (χ2n) is 19.6. The Hall–Kier alpha value is -1.92. The molecule has 65 heavy (non-hydrogen) atoms. The molecular weight excluding hydrogens is 803 g/mol. The molecule has 0 aliphatic carbocycles. The van der Waals surface area contributed by atoms with E-state index in [1.807, 2.05) is 0 Å². The van der Waals surface area contributed by atoms with Crippen LogP contribution in [0.25, 0.3) is 0 Å². The van der Waals surface area contributed by atoms with Gasteiger partial charge in [-0.3, -0.25) is 9.59 Å². The van der Waals surface area contributed by atoms with Crippen molar-refractivity contribution >= 4 is 11.9 Å². The molecular formula is C59H111NO5. The van der Waals surface area contributed by atoms with Gasteiger partial charge in [0, 0.05) is 12.8 Å². The molecule has 0 aliphatic rings. The Morgan fingerprint density at radius 1 is 0.431 bits per heavy atom. The summed E-state index contributed by atoms with van der Waals surface area (Å²) in [6.45, 7) is 4.87. The molecule has 0 aromatic heterocycles. The van der Waals surface area contributed by atoms with Gasteiger partial charge in [0.05, 0.1) is 25.4 Å². The number of allylic oxidation sites excluding steroid dienone is 6. The number of hydrogen-bond acceptors (Lipinski definition) is 5. The summed E-state index contributed by atoms with van der Waals surface area (Å²) in [4.78, 5) is 24.4. The van der Waals surface area contributed by atoms with E-state index in [2.05, 4.69) is 55.6 Å². The maximum Gasteiger partial charge on any atom is 0.305 e. The first-order chi connectivity index (χ1) is 32.0. The lowest BCUT2D eigenvalue weighted by atomic mass is 10.0. The highest BCUT2D eigenvalue weighted by molar-refractivity contribution is 5.76. The van der Waals surface area contributed by atoms with E-state index in [9.17, 15) is 19.8 Å². The molecule has 0 bridgehead atoms. The molecule has 382 valence electrons. The van der Waals surface area contributed by atoms with E-state index in [0.717, 1.165) is 51.4 Å². The van der Waals surface area contributed by atoms with E-state index in [1.165, 1.54) is 218 Å². The van der Waals surface area contributed by atoms with Crippen LogP contribution >= 0.6 is 0 Å². The Morgan fingerprint density at radius 2 is 0.800 bits per heavy atom. The van der Waals surface area contributed by atoms with Crippen molar-refractivity contribution in [3.05, 3.63) is 36.5 Å². The summed E-state index contributed by atoms with van der Waals surface area (Å²) in [6.07, 6.45) is 67.2. The highest BCUT2D eigenvalue weighted by atomic mass is 16.5. The normalized spacial score (nSPS) is 12.9. The minimum atomic E-state index is -0.664. The fourth-order valence-electron chi connectivity index (χ4n) is 8.73. The lowest BCUT2D eigenvalue weighted by Gasteiger charge is -2.22. The molecule has 0 spiro atoms. The molecule has 0 aromatic carbocycles. The number of unbranched alkanes of at least 4 members (excludes halogenated alkanes) is 36. The molecule has 0 saturated heterocycles. The second-order valence-corrected chi connectivity index (χ2v) is 19.6. The van der Waals surface area contributed by atoms with Crippen LogP contribution in [0.2, 0.25) is 0 Å². The summed E-state index contributed by atoms with van der Waals surface area (Å²) in [7, 11) is 0. The zero-order chi connectivity index (χ0) is 47.2. The van der Waals surface area contributed by atoms with Crippen LogP contribution in [0.5, 0.6) is 0 Å². The molecule has 0 aliphatic heterocycles. The van der Waals surface area contributed by atoms with Crippen LogP contribution in [0.4, 0.5) is 0 Å². The molecule has 0 fully saturated rings. The van der Waals surface area contributed by atoms with Crippen LogP contribution in [0.3, 0.4) is 0 Å². The zero-order valence-corrected chi connectivity index (χ0v) is 43.5. The van der Waals surface area contributed by atoms with Gasteiger partial charge in [0.25, 0.3) is 0 Å². The quantitative estimate of drug-likeness (QED) is 0.0321. The van der Waals surface area contributed by atoms with Crippen molar-refractivity contribution in [3.8, 4) is 0 Å². The van der Waals surface area contributed by atoms with Crippen LogP contribution in [0, 0.1) is 0 Å². The first-order valence-corrected chi connectivity index (χ1v) is 28.7. The van der Waals surface area contributed by atoms with Crippen molar-refractivity contribution in [1.82, 2.24) is 5.32 Å². The summed E-state index contributed by atoms with van der Waals surface area (Å²) in [5.74, 6) is -0.0422. The van der Waals surface area contributed by atoms with Crippen molar-refractivity contribution in [2.24, 2.45) is 0 Å². The van der Waals surface area contributed by atoms with E-state index in [-0.39, 0.29) is 18.5 Å². The second kappa shape index (κ2) is 54.7. The number of rotatable bonds is 53. The maximum atomic E-state index is 12.4. The maximum absolute atomic E-state index is 12.4. The minimum absolute atomic E-state index is 0.00233. The molecule has 6 heteroatoms. The van der Waals surface area contributed by atoms with Gasteiger partial charge in [-0.2, -0.15) is 0 Å². The minimum Gasteiger partial charge on any atom is -0.466 e. The first-order valence-electron chi connectivity index (χ1n) is 28.7. The van der Waals surface area contributed by atoms with E-state index >= 15 is 0 Å². The molecule has 0 saturated carbocycles. The third-order valence-electron chi connectivity index (χ3n) is 13.1. The first kappa shape index (κ1) is 63.1. The van der Waals surface area contributed by atoms with Crippen molar-refractivity contribution in [2.45, 2.75) is 315 Å². The predicted molar refractivity (Wildman–Crippen MR) is 283 cm³/mol. The van der Waals surface area contributed by atoms with E-state index in [1.54, 1.807) is 0 Å². The lowest BCUT2D eigenvalue weighted by molar-refractivity contribution is -0.143. The highest BCUT2D eigenvalue weighted by Crippen LogP contribution is 2.17. The number of ether oxygens (including phenoxy) is 1. The van der Waals surface area contributed by atoms with Gasteiger partial charge in [-0.1, -0.05) is 249 Å². The van der Waals surface area contributed by atoms with Crippen LogP contribution in [-0.2, 0) is 14.3 Å². The van der Waals surface area contributed by atoms with E-state index in [0.29, 0.717) is 25.9 Å². The molecule has 2 atom stereocenters. The van der Waals surface area contributed by atoms with Gasteiger partial charge in [-0.05, 0) is 77.0 Å². The van der Waals surface area contributed by atoms with Crippen molar-refractivity contribution in [2.75, 3.05) is 13.2 Å². The predicted octanol–water partition coefficient (Wildman–Crippen LogP) is 17.6. The third kappa shape index (κ3) is 51.3. The molecule has 6 nitrogen and oxygen atoms in total. The van der Waals surface area contributed by atoms with Gasteiger partial charge in [0.2, 0.25) is 5.91 Å². The number of aliphatic hydroxyl groups is 2. The van der Waals surface area contributed by atoms with Gasteiger partial charge >= 0.3 is 5.97 Å². The molecule has 0 aromatic rings. The number of carbonyl (C=O) groups is 2. The summed E-state index contributed by atoms with van der Waals surface area (Å²) in [5, 5.41) is 23.1. The van der Waals surface area contributed by atoms with Gasteiger partial charge in [-0.25, -0.2) is 0 Å². The standard InChI is InChI=1S/C59H111NO5/c1-3-5-7-9-11-13-15-29-33-37-41-45-49-53-59(64)65-54-50-46-42-38-34-31-28-26-24-22-20-18-16-17-19-21-23-25-27-30-32-36-40-44-48-52-58(63)60-56(55-61)57(62)51-47-43-39-35-14-12-10-8-6-4-2/h7,9,13,15,17,19,56-57,61-62H,3-6,8,10-12,14,16,18,20-55H2,1-2H3,(H,60,63)/b9-7-,15-13-,19-17-. The average molecular weight is 915 g/mol. The third-order valence-corrected chi connectivity index (χ3v) is 13.1. The van der Waals surface area contributed by atoms with Crippen LogP contribution in [0.15, 0.2) is 36.5 Å². The molecule has 0 heterocycles. The summed E-state index contributed by atoms with van der Waals surface area (Å²) in [6, 6.07) is -0.542. The number of aliphatic hydroxyl groups excluding tert-OH is 2. The topological polar surface area (TPSA) is 95.9 Å². The van der Waals surface area contributed by atoms with E-state index < -0.39 is 12.1 Å². The lowest BCUT2D eigenvalue weighted by Crippen LogP contribution is -2.45. The Morgan fingerprint density at radius 3 is 1.25 bits per heavy atom. The molecule has 1 amide bonds. The van der Waals surface area contributed by atoms with Crippen LogP contribution in [-0.4, -0.2) is 47.4 Å². The van der Waals surface area contributed by atoms with Gasteiger partial charge in [-0.15, -0.1) is 0 Å². The van der Waals surface area contributed by atoms with Crippen molar-refractivity contribution in [3.63, 3.8) is 0 Å². The number of amides is 1. The summed E-state index contributed by atoms with van der Waals surface area (Å²) >= 11 is 0. The number of nitrogens with one attached hydrogen (secondary N) is 1. The molecule has 0 rings (SSSR count). The molecule has 0 radical (unpaired) electrons. The number of esters is 1. The number of hydrogen-bond donors (Lipinski definition) is 3. The van der Waals surface area contributed by atoms with Crippen molar-refractivity contribution < 1.29 is 24.5 Å². The van der Waals surface area contributed by atoms with E-state index in [4.69, 9.17) is 4.74 Å². The van der Waals surface area contributed by atoms with Gasteiger partial charge < -0.3 is 20.3 Å². The Balaban J connectivity index is 3.38.